The van der Waals surface area contributed by atoms with Crippen molar-refractivity contribution in [3.8, 4) is 0 Å². The van der Waals surface area contributed by atoms with Gasteiger partial charge < -0.3 is 9.88 Å². The number of aryl methyl sites for hydroxylation is 3. The fraction of sp³-hybridized carbons (Fsp3) is 0.273. The Morgan fingerprint density at radius 2 is 2.04 bits per heavy atom. The summed E-state index contributed by atoms with van der Waals surface area (Å²) in [5.41, 5.74) is 3.38. The van der Waals surface area contributed by atoms with Gasteiger partial charge in [-0.1, -0.05) is 46.3 Å². The predicted molar refractivity (Wildman–Crippen MR) is 111 cm³/mol. The SMILES string of the molecule is C[C@H](CCc1ccccc1)NC(=O)c1cn2c3c(cc(Br)cc3c1=O)CC2. The van der Waals surface area contributed by atoms with Crippen molar-refractivity contribution in [2.45, 2.75) is 38.8 Å². The zero-order valence-electron chi connectivity index (χ0n) is 15.2. The van der Waals surface area contributed by atoms with Gasteiger partial charge in [0.25, 0.3) is 5.91 Å². The molecule has 0 aliphatic carbocycles. The summed E-state index contributed by atoms with van der Waals surface area (Å²) in [6.45, 7) is 2.78. The van der Waals surface area contributed by atoms with E-state index < -0.39 is 0 Å². The monoisotopic (exact) mass is 424 g/mol. The number of benzene rings is 2. The predicted octanol–water partition coefficient (Wildman–Crippen LogP) is 4.07. The van der Waals surface area contributed by atoms with Crippen LogP contribution in [-0.4, -0.2) is 16.5 Å². The number of amides is 1. The highest BCUT2D eigenvalue weighted by atomic mass is 79.9. The summed E-state index contributed by atoms with van der Waals surface area (Å²) in [7, 11) is 0. The molecule has 1 amide bonds. The Labute approximate surface area is 166 Å². The van der Waals surface area contributed by atoms with E-state index in [0.717, 1.165) is 41.4 Å². The van der Waals surface area contributed by atoms with Crippen LogP contribution in [0.25, 0.3) is 10.9 Å². The smallest absolute Gasteiger partial charge is 0.256 e. The quantitative estimate of drug-likeness (QED) is 0.670. The second-order valence-corrected chi connectivity index (χ2v) is 8.09. The summed E-state index contributed by atoms with van der Waals surface area (Å²) in [5, 5.41) is 3.60. The third-order valence-corrected chi connectivity index (χ3v) is 5.63. The maximum atomic E-state index is 12.9. The van der Waals surface area contributed by atoms with Gasteiger partial charge in [0, 0.05) is 28.6 Å². The molecule has 138 valence electrons. The normalized spacial score (nSPS) is 13.7. The van der Waals surface area contributed by atoms with Crippen molar-refractivity contribution in [1.29, 1.82) is 0 Å². The van der Waals surface area contributed by atoms with Crippen molar-refractivity contribution < 1.29 is 4.79 Å². The minimum Gasteiger partial charge on any atom is -0.349 e. The molecule has 27 heavy (non-hydrogen) atoms. The maximum Gasteiger partial charge on any atom is 0.256 e. The first-order valence-electron chi connectivity index (χ1n) is 9.23. The fourth-order valence-corrected chi connectivity index (χ4v) is 4.27. The van der Waals surface area contributed by atoms with Crippen LogP contribution < -0.4 is 10.7 Å². The Morgan fingerprint density at radius 1 is 1.26 bits per heavy atom. The van der Waals surface area contributed by atoms with E-state index in [1.165, 1.54) is 5.56 Å². The highest BCUT2D eigenvalue weighted by molar-refractivity contribution is 9.10. The van der Waals surface area contributed by atoms with E-state index in [1.807, 2.05) is 35.8 Å². The second kappa shape index (κ2) is 7.31. The zero-order chi connectivity index (χ0) is 19.0. The number of carbonyl (C=O) groups is 1. The Kier molecular flexibility index (Phi) is 4.87. The van der Waals surface area contributed by atoms with Crippen molar-refractivity contribution in [2.24, 2.45) is 0 Å². The number of nitrogens with zero attached hydrogens (tertiary/aromatic N) is 1. The van der Waals surface area contributed by atoms with Gasteiger partial charge in [0.15, 0.2) is 0 Å². The molecule has 0 saturated heterocycles. The van der Waals surface area contributed by atoms with Gasteiger partial charge in [0.05, 0.1) is 5.52 Å². The van der Waals surface area contributed by atoms with E-state index in [1.54, 1.807) is 6.20 Å². The molecule has 1 atom stereocenters. The Bertz CT molecular complexity index is 1070. The van der Waals surface area contributed by atoms with Gasteiger partial charge in [-0.3, -0.25) is 9.59 Å². The molecule has 0 unspecified atom stereocenters. The minimum atomic E-state index is -0.292. The summed E-state index contributed by atoms with van der Waals surface area (Å²) in [6.07, 6.45) is 4.32. The van der Waals surface area contributed by atoms with Gasteiger partial charge in [0.1, 0.15) is 5.56 Å². The van der Waals surface area contributed by atoms with E-state index in [2.05, 4.69) is 39.4 Å². The standard InChI is InChI=1S/C22H21BrN2O2/c1-14(7-8-15-5-3-2-4-6-15)24-22(27)19-13-25-10-9-16-11-17(23)12-18(20(16)25)21(19)26/h2-6,11-14H,7-10H2,1H3,(H,24,27)/t14-/m1/s1. The van der Waals surface area contributed by atoms with Gasteiger partial charge in [-0.15, -0.1) is 0 Å². The number of halogens is 1. The van der Waals surface area contributed by atoms with E-state index in [-0.39, 0.29) is 22.9 Å². The molecule has 0 spiro atoms. The highest BCUT2D eigenvalue weighted by Crippen LogP contribution is 2.28. The molecule has 5 heteroatoms. The maximum absolute atomic E-state index is 12.9. The molecule has 1 aliphatic rings. The van der Waals surface area contributed by atoms with Crippen LogP contribution in [0.5, 0.6) is 0 Å². The summed E-state index contributed by atoms with van der Waals surface area (Å²) >= 11 is 3.48. The van der Waals surface area contributed by atoms with Gasteiger partial charge in [-0.2, -0.15) is 0 Å². The lowest BCUT2D eigenvalue weighted by molar-refractivity contribution is 0.0937. The molecule has 2 heterocycles. The first kappa shape index (κ1) is 18.0. The van der Waals surface area contributed by atoms with Crippen LogP contribution in [0.15, 0.2) is 57.9 Å². The van der Waals surface area contributed by atoms with Gasteiger partial charge in [0.2, 0.25) is 5.43 Å². The molecule has 1 N–H and O–H groups in total. The molecule has 4 nitrogen and oxygen atoms in total. The molecular formula is C22H21BrN2O2. The van der Waals surface area contributed by atoms with E-state index >= 15 is 0 Å². The molecule has 1 aromatic heterocycles. The zero-order valence-corrected chi connectivity index (χ0v) is 16.8. The Morgan fingerprint density at radius 3 is 2.81 bits per heavy atom. The topological polar surface area (TPSA) is 51.1 Å². The molecule has 1 aliphatic heterocycles. The van der Waals surface area contributed by atoms with Crippen LogP contribution in [0.1, 0.15) is 34.8 Å². The Balaban J connectivity index is 1.55. The van der Waals surface area contributed by atoms with Crippen LogP contribution in [0.4, 0.5) is 0 Å². The van der Waals surface area contributed by atoms with E-state index in [4.69, 9.17) is 0 Å². The van der Waals surface area contributed by atoms with Crippen molar-refractivity contribution in [3.05, 3.63) is 80.0 Å². The molecule has 2 aromatic carbocycles. The molecule has 0 fully saturated rings. The third-order valence-electron chi connectivity index (χ3n) is 5.17. The van der Waals surface area contributed by atoms with E-state index in [0.29, 0.717) is 5.39 Å². The average molecular weight is 425 g/mol. The van der Waals surface area contributed by atoms with Crippen molar-refractivity contribution in [3.63, 3.8) is 0 Å². The van der Waals surface area contributed by atoms with Gasteiger partial charge in [-0.25, -0.2) is 0 Å². The molecule has 0 radical (unpaired) electrons. The first-order chi connectivity index (χ1) is 13.0. The lowest BCUT2D eigenvalue weighted by atomic mass is 10.1. The summed E-state index contributed by atoms with van der Waals surface area (Å²) in [6, 6.07) is 14.1. The van der Waals surface area contributed by atoms with Gasteiger partial charge >= 0.3 is 0 Å². The first-order valence-corrected chi connectivity index (χ1v) is 10.0. The third kappa shape index (κ3) is 3.56. The van der Waals surface area contributed by atoms with E-state index in [9.17, 15) is 9.59 Å². The van der Waals surface area contributed by atoms with Gasteiger partial charge in [-0.05, 0) is 49.4 Å². The minimum absolute atomic E-state index is 0.00977. The Hall–Kier alpha value is -2.40. The second-order valence-electron chi connectivity index (χ2n) is 7.18. The van der Waals surface area contributed by atoms with Crippen molar-refractivity contribution in [1.82, 2.24) is 9.88 Å². The van der Waals surface area contributed by atoms with Crippen LogP contribution in [-0.2, 0) is 19.4 Å². The average Bonchev–Trinajstić information content (AvgIpc) is 3.06. The number of hydrogen-bond donors (Lipinski definition) is 1. The van der Waals surface area contributed by atoms with Crippen LogP contribution in [0.3, 0.4) is 0 Å². The highest BCUT2D eigenvalue weighted by Gasteiger charge is 2.22. The number of hydrogen-bond acceptors (Lipinski definition) is 2. The lowest BCUT2D eigenvalue weighted by Crippen LogP contribution is -2.36. The molecular weight excluding hydrogens is 404 g/mol. The molecule has 4 rings (SSSR count). The fourth-order valence-electron chi connectivity index (χ4n) is 3.76. The number of rotatable bonds is 5. The molecule has 0 bridgehead atoms. The number of pyridine rings is 1. The van der Waals surface area contributed by atoms with Crippen LogP contribution >= 0.6 is 15.9 Å². The van der Waals surface area contributed by atoms with Crippen LogP contribution in [0, 0.1) is 0 Å². The summed E-state index contributed by atoms with van der Waals surface area (Å²) < 4.78 is 2.91. The summed E-state index contributed by atoms with van der Waals surface area (Å²) in [5.74, 6) is -0.292. The summed E-state index contributed by atoms with van der Waals surface area (Å²) in [4.78, 5) is 25.7. The number of nitrogens with one attached hydrogen (secondary N) is 1. The largest absolute Gasteiger partial charge is 0.349 e. The molecule has 0 saturated carbocycles. The van der Waals surface area contributed by atoms with Crippen molar-refractivity contribution >= 4 is 32.7 Å². The van der Waals surface area contributed by atoms with Crippen molar-refractivity contribution in [2.75, 3.05) is 0 Å². The van der Waals surface area contributed by atoms with Crippen LogP contribution in [0.2, 0.25) is 0 Å². The number of aromatic nitrogens is 1. The number of carbonyl (C=O) groups excluding carboxylic acids is 1. The molecule has 3 aromatic rings. The lowest BCUT2D eigenvalue weighted by Gasteiger charge is -2.15.